The highest BCUT2D eigenvalue weighted by Crippen LogP contribution is 2.32. The third-order valence-electron chi connectivity index (χ3n) is 3.54. The van der Waals surface area contributed by atoms with E-state index in [1.54, 1.807) is 36.4 Å². The van der Waals surface area contributed by atoms with Gasteiger partial charge in [-0.05, 0) is 29.8 Å². The number of sulfonamides is 1. The Labute approximate surface area is 164 Å². The number of thioether (sulfide) groups is 1. The van der Waals surface area contributed by atoms with Crippen LogP contribution in [0.5, 0.6) is 0 Å². The molecule has 10 heteroatoms. The normalized spacial score (nSPS) is 16.1. The lowest BCUT2D eigenvalue weighted by molar-refractivity contribution is -0.123. The predicted molar refractivity (Wildman–Crippen MR) is 105 cm³/mol. The van der Waals surface area contributed by atoms with Crippen molar-refractivity contribution in [2.75, 3.05) is 0 Å². The van der Waals surface area contributed by atoms with Gasteiger partial charge in [0.15, 0.2) is 4.32 Å². The van der Waals surface area contributed by atoms with Crippen molar-refractivity contribution in [2.45, 2.75) is 4.90 Å². The van der Waals surface area contributed by atoms with Crippen LogP contribution in [-0.4, -0.2) is 34.7 Å². The van der Waals surface area contributed by atoms with Crippen LogP contribution in [0, 0.1) is 0 Å². The van der Waals surface area contributed by atoms with Gasteiger partial charge in [-0.2, -0.15) is 0 Å². The predicted octanol–water partition coefficient (Wildman–Crippen LogP) is 2.48. The number of carbonyl (C=O) groups is 2. The monoisotopic (exact) mass is 420 g/mol. The van der Waals surface area contributed by atoms with Crippen molar-refractivity contribution in [2.24, 2.45) is 0 Å². The fourth-order valence-corrected chi connectivity index (χ4v) is 4.60. The molecule has 2 aromatic carbocycles. The summed E-state index contributed by atoms with van der Waals surface area (Å²) in [5.74, 6) is -1.81. The molecule has 1 heterocycles. The summed E-state index contributed by atoms with van der Waals surface area (Å²) in [5, 5.41) is 10.0. The van der Waals surface area contributed by atoms with Gasteiger partial charge in [0, 0.05) is 0 Å². The SMILES string of the molecule is O=C(O)c1ccccc1/C=C1/SC(=S)N(NS(=O)(=O)c2ccccc2)C1=O. The number of carboxylic acids is 1. The van der Waals surface area contributed by atoms with Gasteiger partial charge >= 0.3 is 5.97 Å². The Morgan fingerprint density at radius 1 is 1.11 bits per heavy atom. The molecular formula is C17H12N2O5S3. The van der Waals surface area contributed by atoms with E-state index in [1.165, 1.54) is 24.3 Å². The van der Waals surface area contributed by atoms with Gasteiger partial charge in [0.1, 0.15) is 0 Å². The fourth-order valence-electron chi connectivity index (χ4n) is 2.28. The third-order valence-corrected chi connectivity index (χ3v) is 6.15. The highest BCUT2D eigenvalue weighted by atomic mass is 32.2. The van der Waals surface area contributed by atoms with E-state index >= 15 is 0 Å². The summed E-state index contributed by atoms with van der Waals surface area (Å²) in [7, 11) is -3.99. The third kappa shape index (κ3) is 4.08. The average Bonchev–Trinajstić information content (AvgIpc) is 2.90. The summed E-state index contributed by atoms with van der Waals surface area (Å²) in [5.41, 5.74) is 0.337. The molecule has 1 aliphatic heterocycles. The summed E-state index contributed by atoms with van der Waals surface area (Å²) in [4.78, 5) is 26.1. The van der Waals surface area contributed by atoms with Gasteiger partial charge in [-0.25, -0.2) is 18.2 Å². The molecule has 27 heavy (non-hydrogen) atoms. The number of carbonyl (C=O) groups excluding carboxylic acids is 1. The summed E-state index contributed by atoms with van der Waals surface area (Å²) < 4.78 is 24.8. The Balaban J connectivity index is 1.89. The number of benzene rings is 2. The lowest BCUT2D eigenvalue weighted by Gasteiger charge is -2.15. The molecule has 0 spiro atoms. The molecule has 0 radical (unpaired) electrons. The Morgan fingerprint density at radius 2 is 1.74 bits per heavy atom. The Kier molecular flexibility index (Phi) is 5.42. The Morgan fingerprint density at radius 3 is 2.41 bits per heavy atom. The molecule has 138 valence electrons. The number of thiocarbonyl (C=S) groups is 1. The molecule has 0 aliphatic carbocycles. The van der Waals surface area contributed by atoms with Crippen molar-refractivity contribution < 1.29 is 23.1 Å². The maximum Gasteiger partial charge on any atom is 0.336 e. The van der Waals surface area contributed by atoms with Gasteiger partial charge in [0.05, 0.1) is 15.4 Å². The highest BCUT2D eigenvalue weighted by molar-refractivity contribution is 8.26. The van der Waals surface area contributed by atoms with Gasteiger partial charge in [-0.15, -0.1) is 4.83 Å². The first-order valence-corrected chi connectivity index (χ1v) is 10.2. The molecule has 0 unspecified atom stereocenters. The molecule has 0 aromatic heterocycles. The number of nitrogens with zero attached hydrogens (tertiary/aromatic N) is 1. The van der Waals surface area contributed by atoms with E-state index in [0.717, 1.165) is 16.8 Å². The second-order valence-corrected chi connectivity index (χ2v) is 8.65. The summed E-state index contributed by atoms with van der Waals surface area (Å²) in [6.07, 6.45) is 1.37. The quantitative estimate of drug-likeness (QED) is 0.566. The maximum absolute atomic E-state index is 12.6. The standard InChI is InChI=1S/C17H12N2O5S3/c20-15-14(10-11-6-4-5-9-13(11)16(21)22)26-17(25)19(15)18-27(23,24)12-7-2-1-3-8-12/h1-10,18H,(H,21,22)/b14-10+. The van der Waals surface area contributed by atoms with E-state index in [1.807, 2.05) is 0 Å². The number of rotatable bonds is 5. The maximum atomic E-state index is 12.6. The van der Waals surface area contributed by atoms with E-state index in [4.69, 9.17) is 12.2 Å². The molecular weight excluding hydrogens is 408 g/mol. The number of hydrazine groups is 1. The van der Waals surface area contributed by atoms with Crippen LogP contribution in [-0.2, 0) is 14.8 Å². The molecule has 1 saturated heterocycles. The highest BCUT2D eigenvalue weighted by Gasteiger charge is 2.35. The van der Waals surface area contributed by atoms with Crippen molar-refractivity contribution in [3.63, 3.8) is 0 Å². The second-order valence-electron chi connectivity index (χ2n) is 5.32. The van der Waals surface area contributed by atoms with Crippen LogP contribution in [0.1, 0.15) is 15.9 Å². The van der Waals surface area contributed by atoms with Crippen molar-refractivity contribution in [3.05, 3.63) is 70.6 Å². The zero-order valence-corrected chi connectivity index (χ0v) is 16.0. The lowest BCUT2D eigenvalue weighted by atomic mass is 10.1. The van der Waals surface area contributed by atoms with Gasteiger partial charge in [-0.1, -0.05) is 60.4 Å². The van der Waals surface area contributed by atoms with Crippen LogP contribution in [0.2, 0.25) is 0 Å². The summed E-state index contributed by atoms with van der Waals surface area (Å²) >= 11 is 5.98. The number of nitrogens with one attached hydrogen (secondary N) is 1. The number of amides is 1. The molecule has 0 saturated carbocycles. The molecule has 3 rings (SSSR count). The van der Waals surface area contributed by atoms with Crippen LogP contribution in [0.4, 0.5) is 0 Å². The zero-order valence-electron chi connectivity index (χ0n) is 13.5. The van der Waals surface area contributed by atoms with Crippen molar-refractivity contribution in [1.82, 2.24) is 9.84 Å². The number of aromatic carboxylic acids is 1. The van der Waals surface area contributed by atoms with Crippen molar-refractivity contribution in [3.8, 4) is 0 Å². The molecule has 7 nitrogen and oxygen atoms in total. The number of hydrogen-bond donors (Lipinski definition) is 2. The largest absolute Gasteiger partial charge is 0.478 e. The molecule has 1 amide bonds. The lowest BCUT2D eigenvalue weighted by Crippen LogP contribution is -2.44. The number of hydrogen-bond acceptors (Lipinski definition) is 6. The van der Waals surface area contributed by atoms with Crippen molar-refractivity contribution in [1.29, 1.82) is 0 Å². The van der Waals surface area contributed by atoms with Crippen LogP contribution in [0.3, 0.4) is 0 Å². The second kappa shape index (κ2) is 7.61. The topological polar surface area (TPSA) is 104 Å². The Bertz CT molecular complexity index is 1060. The average molecular weight is 420 g/mol. The van der Waals surface area contributed by atoms with E-state index in [0.29, 0.717) is 5.56 Å². The smallest absolute Gasteiger partial charge is 0.336 e. The van der Waals surface area contributed by atoms with Gasteiger partial charge in [0.25, 0.3) is 15.9 Å². The van der Waals surface area contributed by atoms with Gasteiger partial charge in [-0.3, -0.25) is 4.79 Å². The Hall–Kier alpha value is -2.53. The van der Waals surface area contributed by atoms with E-state index < -0.39 is 21.9 Å². The molecule has 2 N–H and O–H groups in total. The van der Waals surface area contributed by atoms with Crippen LogP contribution in [0.15, 0.2) is 64.4 Å². The minimum atomic E-state index is -3.99. The molecule has 1 fully saturated rings. The zero-order chi connectivity index (χ0) is 19.6. The first kappa shape index (κ1) is 19.2. The summed E-state index contributed by atoms with van der Waals surface area (Å²) in [6, 6.07) is 13.7. The molecule has 2 aromatic rings. The van der Waals surface area contributed by atoms with Gasteiger partial charge in [0.2, 0.25) is 0 Å². The molecule has 0 bridgehead atoms. The first-order chi connectivity index (χ1) is 12.8. The molecule has 1 aliphatic rings. The first-order valence-electron chi connectivity index (χ1n) is 7.47. The minimum Gasteiger partial charge on any atom is -0.478 e. The minimum absolute atomic E-state index is 0.00133. The fraction of sp³-hybridized carbons (Fsp3) is 0. The van der Waals surface area contributed by atoms with E-state index in [-0.39, 0.29) is 19.7 Å². The van der Waals surface area contributed by atoms with Crippen LogP contribution >= 0.6 is 24.0 Å². The summed E-state index contributed by atoms with van der Waals surface area (Å²) in [6.45, 7) is 0. The van der Waals surface area contributed by atoms with E-state index in [2.05, 4.69) is 4.83 Å². The van der Waals surface area contributed by atoms with E-state index in [9.17, 15) is 23.1 Å². The van der Waals surface area contributed by atoms with Crippen LogP contribution < -0.4 is 4.83 Å². The van der Waals surface area contributed by atoms with Gasteiger partial charge < -0.3 is 5.11 Å². The van der Waals surface area contributed by atoms with Crippen molar-refractivity contribution >= 4 is 56.3 Å². The number of carboxylic acid groups (broad SMARTS) is 1. The molecule has 0 atom stereocenters. The van der Waals surface area contributed by atoms with Crippen LogP contribution in [0.25, 0.3) is 6.08 Å².